The van der Waals surface area contributed by atoms with Crippen molar-refractivity contribution in [3.63, 3.8) is 0 Å². The third kappa shape index (κ3) is 4.54. The Bertz CT molecular complexity index is 1020. The molecule has 2 saturated carbocycles. The zero-order valence-corrected chi connectivity index (χ0v) is 17.1. The van der Waals surface area contributed by atoms with Crippen molar-refractivity contribution in [1.82, 2.24) is 0 Å². The molecule has 0 radical (unpaired) electrons. The quantitative estimate of drug-likeness (QED) is 0.515. The molecule has 168 valence electrons. The molecule has 2 aliphatic rings. The van der Waals surface area contributed by atoms with Gasteiger partial charge in [-0.15, -0.1) is 0 Å². The van der Waals surface area contributed by atoms with Crippen LogP contribution < -0.4 is 5.32 Å². The summed E-state index contributed by atoms with van der Waals surface area (Å²) in [6, 6.07) is 13.0. The molecule has 0 unspecified atom stereocenters. The van der Waals surface area contributed by atoms with Crippen molar-refractivity contribution in [3.8, 4) is 0 Å². The molecule has 0 heterocycles. The molecule has 1 amide bonds. The van der Waals surface area contributed by atoms with Gasteiger partial charge < -0.3 is 10.1 Å². The Hall–Kier alpha value is -3.16. The van der Waals surface area contributed by atoms with Gasteiger partial charge in [0.25, 0.3) is 5.91 Å². The van der Waals surface area contributed by atoms with Crippen LogP contribution in [0.15, 0.2) is 54.6 Å². The Morgan fingerprint density at radius 2 is 1.62 bits per heavy atom. The van der Waals surface area contributed by atoms with E-state index in [2.05, 4.69) is 5.32 Å². The van der Waals surface area contributed by atoms with Crippen LogP contribution in [0.5, 0.6) is 0 Å². The van der Waals surface area contributed by atoms with Crippen LogP contribution in [0.1, 0.15) is 35.2 Å². The first-order valence-electron chi connectivity index (χ1n) is 10.5. The fourth-order valence-electron chi connectivity index (χ4n) is 5.01. The van der Waals surface area contributed by atoms with Gasteiger partial charge in [-0.25, -0.2) is 0 Å². The number of carbonyl (C=O) groups excluding carboxylic acids is 3. The molecule has 8 heteroatoms. The Morgan fingerprint density at radius 3 is 2.31 bits per heavy atom. The smallest absolute Gasteiger partial charge is 0.416 e. The Balaban J connectivity index is 1.39. The number of halogens is 3. The minimum atomic E-state index is -4.53. The average Bonchev–Trinajstić information content (AvgIpc) is 3.39. The van der Waals surface area contributed by atoms with Crippen LogP contribution in [0.2, 0.25) is 0 Å². The van der Waals surface area contributed by atoms with E-state index in [1.165, 1.54) is 12.1 Å². The predicted octanol–water partition coefficient (Wildman–Crippen LogP) is 4.73. The van der Waals surface area contributed by atoms with E-state index >= 15 is 0 Å². The number of benzene rings is 2. The van der Waals surface area contributed by atoms with Gasteiger partial charge in [0.1, 0.15) is 0 Å². The lowest BCUT2D eigenvalue weighted by atomic mass is 9.75. The zero-order chi connectivity index (χ0) is 22.9. The number of fused-ring (bicyclic) bond motifs is 2. The molecule has 0 saturated heterocycles. The lowest BCUT2D eigenvalue weighted by Gasteiger charge is -2.28. The number of nitrogens with one attached hydrogen (secondary N) is 1. The highest BCUT2D eigenvalue weighted by atomic mass is 19.4. The second-order valence-electron chi connectivity index (χ2n) is 8.35. The van der Waals surface area contributed by atoms with Gasteiger partial charge in [0, 0.05) is 17.2 Å². The van der Waals surface area contributed by atoms with Crippen molar-refractivity contribution in [3.05, 3.63) is 65.7 Å². The molecule has 32 heavy (non-hydrogen) atoms. The SMILES string of the molecule is O=C(COC(=O)[C@H]1[C@H]2CC[C@@H](C2)[C@H]1C(=O)c1ccccc1)Nc1cccc(C(F)(F)F)c1. The number of anilines is 1. The van der Waals surface area contributed by atoms with Crippen molar-refractivity contribution < 1.29 is 32.3 Å². The highest BCUT2D eigenvalue weighted by Crippen LogP contribution is 2.53. The summed E-state index contributed by atoms with van der Waals surface area (Å²) in [6.07, 6.45) is -2.04. The Labute approximate surface area is 183 Å². The first kappa shape index (κ1) is 22.0. The summed E-state index contributed by atoms with van der Waals surface area (Å²) in [4.78, 5) is 38.0. The average molecular weight is 445 g/mol. The van der Waals surface area contributed by atoms with Gasteiger partial charge in [0.05, 0.1) is 11.5 Å². The summed E-state index contributed by atoms with van der Waals surface area (Å²) in [7, 11) is 0. The second-order valence-corrected chi connectivity index (χ2v) is 8.35. The van der Waals surface area contributed by atoms with Crippen LogP contribution in [0.25, 0.3) is 0 Å². The number of rotatable bonds is 6. The largest absolute Gasteiger partial charge is 0.455 e. The zero-order valence-electron chi connectivity index (χ0n) is 17.1. The van der Waals surface area contributed by atoms with Crippen LogP contribution in [0.3, 0.4) is 0 Å². The summed E-state index contributed by atoms with van der Waals surface area (Å²) in [6.45, 7) is -0.630. The normalized spacial score (nSPS) is 24.2. The Morgan fingerprint density at radius 1 is 0.938 bits per heavy atom. The molecule has 5 nitrogen and oxygen atoms in total. The van der Waals surface area contributed by atoms with Gasteiger partial charge in [-0.05, 0) is 49.3 Å². The van der Waals surface area contributed by atoms with E-state index in [1.54, 1.807) is 24.3 Å². The Kier molecular flexibility index (Phi) is 6.04. The molecular formula is C24H22F3NO4. The van der Waals surface area contributed by atoms with Crippen molar-refractivity contribution in [1.29, 1.82) is 0 Å². The molecule has 2 aromatic carbocycles. The van der Waals surface area contributed by atoms with Gasteiger partial charge in [-0.2, -0.15) is 13.2 Å². The van der Waals surface area contributed by atoms with Crippen LogP contribution in [-0.4, -0.2) is 24.3 Å². The standard InChI is InChI=1S/C24H22F3NO4/c25-24(26,27)17-7-4-8-18(12-17)28-19(29)13-32-23(31)21-16-10-9-15(11-16)20(21)22(30)14-5-2-1-3-6-14/h1-8,12,15-16,20-21H,9-11,13H2,(H,28,29)/t15-,16-,20+,21-/m0/s1. The van der Waals surface area contributed by atoms with Crippen molar-refractivity contribution >= 4 is 23.3 Å². The number of ketones is 1. The van der Waals surface area contributed by atoms with E-state index in [9.17, 15) is 27.6 Å². The van der Waals surface area contributed by atoms with E-state index in [4.69, 9.17) is 4.74 Å². The number of Topliss-reactive ketones (excluding diaryl/α,β-unsaturated/α-hetero) is 1. The topological polar surface area (TPSA) is 72.5 Å². The van der Waals surface area contributed by atoms with Crippen LogP contribution in [0, 0.1) is 23.7 Å². The van der Waals surface area contributed by atoms with Gasteiger partial charge >= 0.3 is 12.1 Å². The van der Waals surface area contributed by atoms with E-state index < -0.39 is 42.1 Å². The summed E-state index contributed by atoms with van der Waals surface area (Å²) in [5, 5.41) is 2.31. The van der Waals surface area contributed by atoms with E-state index in [1.807, 2.05) is 6.07 Å². The minimum Gasteiger partial charge on any atom is -0.455 e. The number of hydrogen-bond donors (Lipinski definition) is 1. The summed E-state index contributed by atoms with van der Waals surface area (Å²) >= 11 is 0. The van der Waals surface area contributed by atoms with Crippen molar-refractivity contribution in [2.24, 2.45) is 23.7 Å². The number of carbonyl (C=O) groups is 3. The first-order valence-corrected chi connectivity index (χ1v) is 10.5. The maximum Gasteiger partial charge on any atom is 0.416 e. The molecule has 2 aromatic rings. The molecule has 4 atom stereocenters. The summed E-state index contributed by atoms with van der Waals surface area (Å²) < 4.78 is 43.7. The van der Waals surface area contributed by atoms with Gasteiger partial charge in [0.15, 0.2) is 12.4 Å². The van der Waals surface area contributed by atoms with Gasteiger partial charge in [0.2, 0.25) is 0 Å². The number of alkyl halides is 3. The molecule has 2 aliphatic carbocycles. The van der Waals surface area contributed by atoms with E-state index in [0.717, 1.165) is 31.4 Å². The maximum atomic E-state index is 13.1. The summed E-state index contributed by atoms with van der Waals surface area (Å²) in [5.41, 5.74) is -0.389. The fourth-order valence-corrected chi connectivity index (χ4v) is 5.01. The number of esters is 1. The molecule has 0 aromatic heterocycles. The highest BCUT2D eigenvalue weighted by molar-refractivity contribution is 6.01. The number of amides is 1. The monoisotopic (exact) mass is 445 g/mol. The van der Waals surface area contributed by atoms with Crippen LogP contribution in [-0.2, 0) is 20.5 Å². The van der Waals surface area contributed by atoms with E-state index in [-0.39, 0.29) is 23.3 Å². The molecule has 1 N–H and O–H groups in total. The van der Waals surface area contributed by atoms with E-state index in [0.29, 0.717) is 5.56 Å². The number of hydrogen-bond acceptors (Lipinski definition) is 4. The minimum absolute atomic E-state index is 0.0386. The van der Waals surface area contributed by atoms with Crippen molar-refractivity contribution in [2.75, 3.05) is 11.9 Å². The molecule has 2 bridgehead atoms. The maximum absolute atomic E-state index is 13.1. The third-order valence-electron chi connectivity index (χ3n) is 6.37. The molecule has 4 rings (SSSR count). The van der Waals surface area contributed by atoms with Crippen molar-refractivity contribution in [2.45, 2.75) is 25.4 Å². The predicted molar refractivity (Wildman–Crippen MR) is 110 cm³/mol. The molecule has 0 aliphatic heterocycles. The number of ether oxygens (including phenoxy) is 1. The molecule has 0 spiro atoms. The third-order valence-corrected chi connectivity index (χ3v) is 6.37. The van der Waals surface area contributed by atoms with Crippen LogP contribution in [0.4, 0.5) is 18.9 Å². The van der Waals surface area contributed by atoms with Gasteiger partial charge in [-0.3, -0.25) is 14.4 Å². The summed E-state index contributed by atoms with van der Waals surface area (Å²) in [5.74, 6) is -2.37. The lowest BCUT2D eigenvalue weighted by Crippen LogP contribution is -2.37. The highest BCUT2D eigenvalue weighted by Gasteiger charge is 2.54. The second kappa shape index (κ2) is 8.76. The lowest BCUT2D eigenvalue weighted by molar-refractivity contribution is -0.154. The first-order chi connectivity index (χ1) is 15.2. The van der Waals surface area contributed by atoms with Crippen LogP contribution >= 0.6 is 0 Å². The van der Waals surface area contributed by atoms with Gasteiger partial charge in [-0.1, -0.05) is 36.4 Å². The molecular weight excluding hydrogens is 423 g/mol. The fraction of sp³-hybridized carbons (Fsp3) is 0.375. The molecule has 2 fully saturated rings.